The lowest BCUT2D eigenvalue weighted by Gasteiger charge is -2.15. The van der Waals surface area contributed by atoms with Gasteiger partial charge >= 0.3 is 0 Å². The lowest BCUT2D eigenvalue weighted by Crippen LogP contribution is -2.29. The van der Waals surface area contributed by atoms with Crippen LogP contribution in [0.25, 0.3) is 6.08 Å². The second-order valence-electron chi connectivity index (χ2n) is 6.81. The summed E-state index contributed by atoms with van der Waals surface area (Å²) in [5.41, 5.74) is 2.92. The summed E-state index contributed by atoms with van der Waals surface area (Å²) in [6.45, 7) is 4.19. The zero-order valence-corrected chi connectivity index (χ0v) is 16.6. The SMILES string of the molecule is Cc1ccc(C)c(S(=O)(=O)NC(=O)/C=C/c2ccc(N3CCCC3=O)cc2)c1. The molecule has 2 aromatic rings. The van der Waals surface area contributed by atoms with Gasteiger partial charge in [-0.3, -0.25) is 9.59 Å². The molecule has 1 fully saturated rings. The lowest BCUT2D eigenvalue weighted by molar-refractivity contribution is -0.117. The van der Waals surface area contributed by atoms with Gasteiger partial charge in [0.25, 0.3) is 15.9 Å². The fourth-order valence-corrected chi connectivity index (χ4v) is 4.35. The fraction of sp³-hybridized carbons (Fsp3) is 0.238. The summed E-state index contributed by atoms with van der Waals surface area (Å²) < 4.78 is 27.0. The largest absolute Gasteiger partial charge is 0.312 e. The number of aryl methyl sites for hydroxylation is 2. The number of benzene rings is 2. The normalized spacial score (nSPS) is 14.6. The summed E-state index contributed by atoms with van der Waals surface area (Å²) in [4.78, 5) is 25.7. The molecule has 146 valence electrons. The van der Waals surface area contributed by atoms with E-state index in [0.717, 1.165) is 23.2 Å². The molecule has 2 aromatic carbocycles. The van der Waals surface area contributed by atoms with Crippen LogP contribution in [0, 0.1) is 13.8 Å². The zero-order valence-electron chi connectivity index (χ0n) is 15.8. The molecule has 6 nitrogen and oxygen atoms in total. The van der Waals surface area contributed by atoms with Gasteiger partial charge in [0.15, 0.2) is 0 Å². The Bertz CT molecular complexity index is 1040. The standard InChI is InChI=1S/C21H22N2O4S/c1-15-5-6-16(2)19(14-15)28(26,27)22-20(24)12-9-17-7-10-18(11-8-17)23-13-3-4-21(23)25/h5-12,14H,3-4,13H2,1-2H3,(H,22,24)/b12-9+. The molecule has 1 heterocycles. The molecule has 2 amide bonds. The Kier molecular flexibility index (Phi) is 5.65. The molecule has 0 aliphatic carbocycles. The summed E-state index contributed by atoms with van der Waals surface area (Å²) in [6, 6.07) is 12.2. The molecule has 0 radical (unpaired) electrons. The van der Waals surface area contributed by atoms with E-state index in [-0.39, 0.29) is 10.8 Å². The van der Waals surface area contributed by atoms with Crippen molar-refractivity contribution in [2.45, 2.75) is 31.6 Å². The van der Waals surface area contributed by atoms with E-state index in [1.165, 1.54) is 18.2 Å². The van der Waals surface area contributed by atoms with Gasteiger partial charge in [-0.2, -0.15) is 0 Å². The van der Waals surface area contributed by atoms with Crippen LogP contribution >= 0.6 is 0 Å². The minimum atomic E-state index is -3.94. The number of hydrogen-bond acceptors (Lipinski definition) is 4. The van der Waals surface area contributed by atoms with Crippen LogP contribution in [0.3, 0.4) is 0 Å². The van der Waals surface area contributed by atoms with Crippen molar-refractivity contribution in [3.63, 3.8) is 0 Å². The summed E-state index contributed by atoms with van der Waals surface area (Å²) >= 11 is 0. The predicted molar refractivity (Wildman–Crippen MR) is 108 cm³/mol. The second kappa shape index (κ2) is 7.98. The number of carbonyl (C=O) groups is 2. The molecule has 7 heteroatoms. The first-order chi connectivity index (χ1) is 13.3. The van der Waals surface area contributed by atoms with Gasteiger partial charge in [0.05, 0.1) is 4.90 Å². The maximum Gasteiger partial charge on any atom is 0.264 e. The predicted octanol–water partition coefficient (Wildman–Crippen LogP) is 2.95. The molecule has 1 saturated heterocycles. The Morgan fingerprint density at radius 2 is 1.82 bits per heavy atom. The van der Waals surface area contributed by atoms with Gasteiger partial charge in [-0.05, 0) is 61.2 Å². The van der Waals surface area contributed by atoms with Crippen LogP contribution in [0.15, 0.2) is 53.4 Å². The molecular weight excluding hydrogens is 376 g/mol. The van der Waals surface area contributed by atoms with Crippen molar-refractivity contribution in [3.8, 4) is 0 Å². The van der Waals surface area contributed by atoms with Crippen LogP contribution in [0.5, 0.6) is 0 Å². The minimum absolute atomic E-state index is 0.0916. The van der Waals surface area contributed by atoms with E-state index >= 15 is 0 Å². The zero-order chi connectivity index (χ0) is 20.3. The Morgan fingerprint density at radius 3 is 2.46 bits per heavy atom. The van der Waals surface area contributed by atoms with Crippen LogP contribution in [0.1, 0.15) is 29.5 Å². The smallest absolute Gasteiger partial charge is 0.264 e. The number of sulfonamides is 1. The average Bonchev–Trinajstić information content (AvgIpc) is 3.08. The molecule has 28 heavy (non-hydrogen) atoms. The highest BCUT2D eigenvalue weighted by Crippen LogP contribution is 2.22. The van der Waals surface area contributed by atoms with Crippen molar-refractivity contribution in [2.24, 2.45) is 0 Å². The van der Waals surface area contributed by atoms with Gasteiger partial charge in [-0.1, -0.05) is 24.3 Å². The Morgan fingerprint density at radius 1 is 1.11 bits per heavy atom. The van der Waals surface area contributed by atoms with E-state index in [9.17, 15) is 18.0 Å². The van der Waals surface area contributed by atoms with Gasteiger partial charge in [-0.25, -0.2) is 13.1 Å². The van der Waals surface area contributed by atoms with Crippen LogP contribution < -0.4 is 9.62 Å². The molecule has 0 saturated carbocycles. The van der Waals surface area contributed by atoms with Crippen molar-refractivity contribution in [1.82, 2.24) is 4.72 Å². The molecule has 0 atom stereocenters. The highest BCUT2D eigenvalue weighted by atomic mass is 32.2. The summed E-state index contributed by atoms with van der Waals surface area (Å²) in [5.74, 6) is -0.612. The van der Waals surface area contributed by atoms with E-state index in [1.807, 2.05) is 18.2 Å². The van der Waals surface area contributed by atoms with Crippen LogP contribution in [0.2, 0.25) is 0 Å². The quantitative estimate of drug-likeness (QED) is 0.785. The van der Waals surface area contributed by atoms with E-state index < -0.39 is 15.9 Å². The molecule has 0 bridgehead atoms. The van der Waals surface area contributed by atoms with Gasteiger partial charge in [-0.15, -0.1) is 0 Å². The highest BCUT2D eigenvalue weighted by Gasteiger charge is 2.21. The number of nitrogens with one attached hydrogen (secondary N) is 1. The number of amides is 2. The van der Waals surface area contributed by atoms with E-state index in [2.05, 4.69) is 4.72 Å². The van der Waals surface area contributed by atoms with E-state index in [1.54, 1.807) is 36.9 Å². The van der Waals surface area contributed by atoms with Gasteiger partial charge < -0.3 is 4.90 Å². The summed E-state index contributed by atoms with van der Waals surface area (Å²) in [5, 5.41) is 0. The van der Waals surface area contributed by atoms with Crippen LogP contribution in [-0.2, 0) is 19.6 Å². The van der Waals surface area contributed by atoms with Crippen molar-refractivity contribution >= 4 is 33.6 Å². The molecule has 0 spiro atoms. The van der Waals surface area contributed by atoms with Crippen LogP contribution in [0.4, 0.5) is 5.69 Å². The summed E-state index contributed by atoms with van der Waals surface area (Å²) in [6.07, 6.45) is 4.13. The van der Waals surface area contributed by atoms with Gasteiger partial charge in [0.2, 0.25) is 5.91 Å². The monoisotopic (exact) mass is 398 g/mol. The first-order valence-electron chi connectivity index (χ1n) is 8.99. The molecular formula is C21H22N2O4S. The average molecular weight is 398 g/mol. The first-order valence-corrected chi connectivity index (χ1v) is 10.5. The fourth-order valence-electron chi connectivity index (χ4n) is 3.08. The second-order valence-corrected chi connectivity index (χ2v) is 8.46. The summed E-state index contributed by atoms with van der Waals surface area (Å²) in [7, 11) is -3.94. The third-order valence-electron chi connectivity index (χ3n) is 4.57. The molecule has 1 aliphatic heterocycles. The number of carbonyl (C=O) groups excluding carboxylic acids is 2. The Hall–Kier alpha value is -2.93. The molecule has 1 N–H and O–H groups in total. The molecule has 0 unspecified atom stereocenters. The Balaban J connectivity index is 1.68. The number of rotatable bonds is 5. The van der Waals surface area contributed by atoms with Crippen molar-refractivity contribution in [2.75, 3.05) is 11.4 Å². The Labute approximate surface area is 164 Å². The first kappa shape index (κ1) is 19.8. The van der Waals surface area contributed by atoms with Crippen molar-refractivity contribution < 1.29 is 18.0 Å². The van der Waals surface area contributed by atoms with E-state index in [4.69, 9.17) is 0 Å². The van der Waals surface area contributed by atoms with Crippen molar-refractivity contribution in [1.29, 1.82) is 0 Å². The molecule has 0 aromatic heterocycles. The number of anilines is 1. The van der Waals surface area contributed by atoms with Crippen molar-refractivity contribution in [3.05, 3.63) is 65.2 Å². The number of hydrogen-bond donors (Lipinski definition) is 1. The third kappa shape index (κ3) is 4.48. The van der Waals surface area contributed by atoms with Gasteiger partial charge in [0, 0.05) is 24.7 Å². The van der Waals surface area contributed by atoms with E-state index in [0.29, 0.717) is 18.5 Å². The maximum absolute atomic E-state index is 12.4. The lowest BCUT2D eigenvalue weighted by atomic mass is 10.2. The molecule has 3 rings (SSSR count). The topological polar surface area (TPSA) is 83.6 Å². The number of nitrogens with zero attached hydrogens (tertiary/aromatic N) is 1. The maximum atomic E-state index is 12.4. The van der Waals surface area contributed by atoms with Gasteiger partial charge in [0.1, 0.15) is 0 Å². The third-order valence-corrected chi connectivity index (χ3v) is 6.06. The minimum Gasteiger partial charge on any atom is -0.312 e. The highest BCUT2D eigenvalue weighted by molar-refractivity contribution is 7.90. The van der Waals surface area contributed by atoms with Crippen LogP contribution in [-0.4, -0.2) is 26.8 Å². The molecule has 1 aliphatic rings.